The first kappa shape index (κ1) is 14.1. The van der Waals surface area contributed by atoms with Gasteiger partial charge < -0.3 is 10.4 Å². The minimum Gasteiger partial charge on any atom is -0.508 e. The van der Waals surface area contributed by atoms with Crippen LogP contribution in [0.3, 0.4) is 0 Å². The number of phenols is 1. The first-order valence-electron chi connectivity index (χ1n) is 5.54. The molecular weight excluding hydrogens is 374 g/mol. The molecule has 0 spiro atoms. The number of halogens is 2. The number of amides is 1. The Morgan fingerprint density at radius 3 is 2.63 bits per heavy atom. The summed E-state index contributed by atoms with van der Waals surface area (Å²) in [4.78, 5) is 12.2. The molecule has 0 aliphatic heterocycles. The number of hydrogen-bond acceptors (Lipinski definition) is 2. The van der Waals surface area contributed by atoms with Crippen LogP contribution in [0.25, 0.3) is 0 Å². The lowest BCUT2D eigenvalue weighted by Gasteiger charge is -2.10. The van der Waals surface area contributed by atoms with Gasteiger partial charge in [0, 0.05) is 20.2 Å². The van der Waals surface area contributed by atoms with Gasteiger partial charge in [0.25, 0.3) is 5.91 Å². The zero-order chi connectivity index (χ0) is 14.0. The molecule has 0 atom stereocenters. The average molecular weight is 385 g/mol. The van der Waals surface area contributed by atoms with Crippen molar-refractivity contribution in [1.82, 2.24) is 0 Å². The first-order valence-corrected chi connectivity index (χ1v) is 7.12. The lowest BCUT2D eigenvalue weighted by Crippen LogP contribution is -2.13. The summed E-state index contributed by atoms with van der Waals surface area (Å²) in [6, 6.07) is 10.4. The molecule has 0 saturated heterocycles. The van der Waals surface area contributed by atoms with Crippen molar-refractivity contribution in [2.45, 2.75) is 6.92 Å². The van der Waals surface area contributed by atoms with Gasteiger partial charge in [-0.05, 0) is 53.2 Å². The van der Waals surface area contributed by atoms with Gasteiger partial charge in [-0.3, -0.25) is 4.79 Å². The van der Waals surface area contributed by atoms with E-state index < -0.39 is 0 Å². The maximum Gasteiger partial charge on any atom is 0.256 e. The Kier molecular flexibility index (Phi) is 4.27. The van der Waals surface area contributed by atoms with Gasteiger partial charge in [0.2, 0.25) is 0 Å². The van der Waals surface area contributed by atoms with Crippen LogP contribution in [0.15, 0.2) is 45.3 Å². The fraction of sp³-hybridized carbons (Fsp3) is 0.0714. The van der Waals surface area contributed by atoms with Crippen molar-refractivity contribution >= 4 is 43.5 Å². The van der Waals surface area contributed by atoms with E-state index >= 15 is 0 Å². The van der Waals surface area contributed by atoms with E-state index in [4.69, 9.17) is 0 Å². The van der Waals surface area contributed by atoms with Crippen molar-refractivity contribution in [3.63, 3.8) is 0 Å². The molecule has 2 aromatic rings. The molecule has 2 aromatic carbocycles. The Morgan fingerprint density at radius 2 is 1.95 bits per heavy atom. The molecule has 19 heavy (non-hydrogen) atoms. The van der Waals surface area contributed by atoms with Gasteiger partial charge in [0.15, 0.2) is 0 Å². The van der Waals surface area contributed by atoms with Gasteiger partial charge >= 0.3 is 0 Å². The van der Waals surface area contributed by atoms with Gasteiger partial charge in [-0.15, -0.1) is 0 Å². The molecular formula is C14H11Br2NO2. The smallest absolute Gasteiger partial charge is 0.256 e. The monoisotopic (exact) mass is 383 g/mol. The van der Waals surface area contributed by atoms with Gasteiger partial charge in [-0.25, -0.2) is 0 Å². The van der Waals surface area contributed by atoms with Crippen LogP contribution in [0.1, 0.15) is 15.9 Å². The Labute approximate surface area is 127 Å². The lowest BCUT2D eigenvalue weighted by molar-refractivity contribution is 0.102. The number of benzene rings is 2. The second kappa shape index (κ2) is 5.75. The topological polar surface area (TPSA) is 49.3 Å². The highest BCUT2D eigenvalue weighted by Gasteiger charge is 2.12. The Hall–Kier alpha value is -1.33. The SMILES string of the molecule is Cc1c(O)cccc1NC(=O)c1ccc(Br)cc1Br. The molecule has 0 aliphatic rings. The van der Waals surface area contributed by atoms with E-state index in [1.54, 1.807) is 37.3 Å². The number of nitrogens with one attached hydrogen (secondary N) is 1. The van der Waals surface area contributed by atoms with Gasteiger partial charge in [0.1, 0.15) is 5.75 Å². The van der Waals surface area contributed by atoms with E-state index in [2.05, 4.69) is 37.2 Å². The number of aromatic hydroxyl groups is 1. The summed E-state index contributed by atoms with van der Waals surface area (Å²) in [5, 5.41) is 12.4. The van der Waals surface area contributed by atoms with Gasteiger partial charge in [-0.2, -0.15) is 0 Å². The quantitative estimate of drug-likeness (QED) is 0.801. The number of rotatable bonds is 2. The zero-order valence-corrected chi connectivity index (χ0v) is 13.2. The molecule has 0 bridgehead atoms. The molecule has 2 N–H and O–H groups in total. The summed E-state index contributed by atoms with van der Waals surface area (Å²) in [7, 11) is 0. The summed E-state index contributed by atoms with van der Waals surface area (Å²) in [5.74, 6) is -0.0688. The van der Waals surface area contributed by atoms with Crippen molar-refractivity contribution in [2.24, 2.45) is 0 Å². The molecule has 1 amide bonds. The standard InChI is InChI=1S/C14H11Br2NO2/c1-8-12(3-2-4-13(8)18)17-14(19)10-6-5-9(15)7-11(10)16/h2-7,18H,1H3,(H,17,19). The molecule has 2 rings (SSSR count). The van der Waals surface area contributed by atoms with Crippen molar-refractivity contribution < 1.29 is 9.90 Å². The highest BCUT2D eigenvalue weighted by atomic mass is 79.9. The van der Waals surface area contributed by atoms with E-state index in [9.17, 15) is 9.90 Å². The molecule has 0 unspecified atom stereocenters. The zero-order valence-electron chi connectivity index (χ0n) is 10.1. The summed E-state index contributed by atoms with van der Waals surface area (Å²) in [5.41, 5.74) is 1.77. The van der Waals surface area contributed by atoms with Crippen LogP contribution >= 0.6 is 31.9 Å². The maximum absolute atomic E-state index is 12.2. The molecule has 3 nitrogen and oxygen atoms in total. The summed E-state index contributed by atoms with van der Waals surface area (Å²) < 4.78 is 1.60. The molecule has 0 aromatic heterocycles. The van der Waals surface area contributed by atoms with Crippen LogP contribution in [0.4, 0.5) is 5.69 Å². The molecule has 0 fully saturated rings. The fourth-order valence-corrected chi connectivity index (χ4v) is 2.85. The van der Waals surface area contributed by atoms with Crippen molar-refractivity contribution in [2.75, 3.05) is 5.32 Å². The third-order valence-electron chi connectivity index (χ3n) is 2.73. The summed E-state index contributed by atoms with van der Waals surface area (Å²) >= 11 is 6.69. The van der Waals surface area contributed by atoms with E-state index in [0.717, 1.165) is 4.47 Å². The third-order valence-corrected chi connectivity index (χ3v) is 3.88. The summed E-state index contributed by atoms with van der Waals surface area (Å²) in [6.45, 7) is 1.75. The van der Waals surface area contributed by atoms with E-state index in [1.807, 2.05) is 6.07 Å². The highest BCUT2D eigenvalue weighted by Crippen LogP contribution is 2.26. The molecule has 0 heterocycles. The minimum absolute atomic E-state index is 0.160. The summed E-state index contributed by atoms with van der Waals surface area (Å²) in [6.07, 6.45) is 0. The maximum atomic E-state index is 12.2. The second-order valence-electron chi connectivity index (χ2n) is 4.03. The third kappa shape index (κ3) is 3.16. The van der Waals surface area contributed by atoms with E-state index in [0.29, 0.717) is 21.3 Å². The normalized spacial score (nSPS) is 10.3. The van der Waals surface area contributed by atoms with Crippen molar-refractivity contribution in [3.8, 4) is 5.75 Å². The minimum atomic E-state index is -0.229. The van der Waals surface area contributed by atoms with Crippen LogP contribution < -0.4 is 5.32 Å². The number of carbonyl (C=O) groups excluding carboxylic acids is 1. The average Bonchev–Trinajstić information content (AvgIpc) is 2.34. The molecule has 5 heteroatoms. The van der Waals surface area contributed by atoms with Crippen LogP contribution in [-0.2, 0) is 0 Å². The lowest BCUT2D eigenvalue weighted by atomic mass is 10.1. The predicted molar refractivity (Wildman–Crippen MR) is 82.6 cm³/mol. The first-order chi connectivity index (χ1) is 8.99. The van der Waals surface area contributed by atoms with Crippen molar-refractivity contribution in [3.05, 3.63) is 56.5 Å². The number of hydrogen-bond donors (Lipinski definition) is 2. The molecule has 0 radical (unpaired) electrons. The highest BCUT2D eigenvalue weighted by molar-refractivity contribution is 9.11. The molecule has 0 saturated carbocycles. The molecule has 0 aliphatic carbocycles. The predicted octanol–water partition coefficient (Wildman–Crippen LogP) is 4.48. The van der Waals surface area contributed by atoms with Gasteiger partial charge in [0.05, 0.1) is 5.56 Å². The largest absolute Gasteiger partial charge is 0.508 e. The number of anilines is 1. The van der Waals surface area contributed by atoms with Crippen LogP contribution in [-0.4, -0.2) is 11.0 Å². The van der Waals surface area contributed by atoms with Crippen molar-refractivity contribution in [1.29, 1.82) is 0 Å². The van der Waals surface area contributed by atoms with Crippen LogP contribution in [0.2, 0.25) is 0 Å². The Bertz CT molecular complexity index is 641. The van der Waals surface area contributed by atoms with E-state index in [1.165, 1.54) is 0 Å². The van der Waals surface area contributed by atoms with Gasteiger partial charge in [-0.1, -0.05) is 22.0 Å². The van der Waals surface area contributed by atoms with Crippen LogP contribution in [0.5, 0.6) is 5.75 Å². The Balaban J connectivity index is 2.28. The van der Waals surface area contributed by atoms with Crippen LogP contribution in [0, 0.1) is 6.92 Å². The second-order valence-corrected chi connectivity index (χ2v) is 5.80. The Morgan fingerprint density at radius 1 is 1.21 bits per heavy atom. The van der Waals surface area contributed by atoms with E-state index in [-0.39, 0.29) is 11.7 Å². The fourth-order valence-electron chi connectivity index (χ4n) is 1.62. The number of carbonyl (C=O) groups is 1. The number of phenolic OH excluding ortho intramolecular Hbond substituents is 1. The molecule has 98 valence electrons.